The molecule has 316 valence electrons. The van der Waals surface area contributed by atoms with Gasteiger partial charge in [-0.05, 0) is 85.0 Å². The second-order valence-electron chi connectivity index (χ2n) is 16.2. The van der Waals surface area contributed by atoms with E-state index in [0.29, 0.717) is 0 Å². The standard InChI is InChI=1S/2C28H31O.2ClH.Zr/c2*1-3-5-6-7-10-21-13-15-22(16-14-21)26-12-8-11-23-19-24(20-27(23)26)28-18-17-25(29-28)9-4-2;;;/h2*8,11-20H,3-7,9-10H2,1-2H3;2*1H;/q2*-1;;;+4/p-2. The Bertz CT molecular complexity index is 2280. The molecule has 0 unspecified atom stereocenters. The van der Waals surface area contributed by atoms with Gasteiger partial charge in [0, 0.05) is 12.8 Å². The van der Waals surface area contributed by atoms with Crippen molar-refractivity contribution in [3.8, 4) is 44.9 Å². The summed E-state index contributed by atoms with van der Waals surface area (Å²) in [6.07, 6.45) is 17.1. The normalized spacial score (nSPS) is 10.8. The third-order valence-corrected chi connectivity index (χ3v) is 11.6. The van der Waals surface area contributed by atoms with E-state index in [9.17, 15) is 0 Å². The van der Waals surface area contributed by atoms with Crippen LogP contribution in [-0.2, 0) is 51.9 Å². The van der Waals surface area contributed by atoms with Crippen LogP contribution >= 0.6 is 0 Å². The summed E-state index contributed by atoms with van der Waals surface area (Å²) in [5.41, 5.74) is 10.4. The molecule has 2 heterocycles. The first-order chi connectivity index (χ1) is 28.6. The van der Waals surface area contributed by atoms with Gasteiger partial charge in [-0.3, -0.25) is 0 Å². The van der Waals surface area contributed by atoms with Crippen molar-refractivity contribution in [2.24, 2.45) is 0 Å². The second kappa shape index (κ2) is 25.3. The maximum Gasteiger partial charge on any atom is 4.00 e. The van der Waals surface area contributed by atoms with Crippen LogP contribution in [0, 0.1) is 0 Å². The fraction of sp³-hybridized carbons (Fsp3) is 0.321. The van der Waals surface area contributed by atoms with Gasteiger partial charge in [-0.2, -0.15) is 0 Å². The van der Waals surface area contributed by atoms with E-state index in [0.717, 1.165) is 48.7 Å². The van der Waals surface area contributed by atoms with Crippen LogP contribution in [0.2, 0.25) is 0 Å². The molecule has 0 amide bonds. The topological polar surface area (TPSA) is 26.3 Å². The largest absolute Gasteiger partial charge is 4.00 e. The number of hydrogen-bond acceptors (Lipinski definition) is 2. The monoisotopic (exact) mass is 926 g/mol. The molecule has 61 heavy (non-hydrogen) atoms. The van der Waals surface area contributed by atoms with E-state index in [1.54, 1.807) is 0 Å². The summed E-state index contributed by atoms with van der Waals surface area (Å²) in [6, 6.07) is 48.9. The fourth-order valence-electron chi connectivity index (χ4n) is 8.30. The van der Waals surface area contributed by atoms with Crippen molar-refractivity contribution in [2.75, 3.05) is 0 Å². The minimum absolute atomic E-state index is 0. The van der Waals surface area contributed by atoms with Gasteiger partial charge in [-0.15, -0.1) is 57.9 Å². The van der Waals surface area contributed by atoms with Crippen LogP contribution in [-0.4, -0.2) is 0 Å². The van der Waals surface area contributed by atoms with Crippen molar-refractivity contribution in [3.05, 3.63) is 156 Å². The summed E-state index contributed by atoms with van der Waals surface area (Å²) < 4.78 is 12.1. The van der Waals surface area contributed by atoms with Crippen molar-refractivity contribution < 1.29 is 59.9 Å². The maximum atomic E-state index is 6.06. The molecule has 0 aliphatic heterocycles. The first-order valence-corrected chi connectivity index (χ1v) is 22.3. The average Bonchev–Trinajstić information content (AvgIpc) is 4.09. The van der Waals surface area contributed by atoms with E-state index >= 15 is 0 Å². The Balaban J connectivity index is 0.000000256. The van der Waals surface area contributed by atoms with E-state index < -0.39 is 0 Å². The Morgan fingerprint density at radius 2 is 0.820 bits per heavy atom. The Kier molecular flexibility index (Phi) is 20.6. The van der Waals surface area contributed by atoms with E-state index in [4.69, 9.17) is 8.83 Å². The van der Waals surface area contributed by atoms with Crippen LogP contribution in [0.3, 0.4) is 0 Å². The molecule has 2 aromatic heterocycles. The van der Waals surface area contributed by atoms with Gasteiger partial charge in [0.25, 0.3) is 0 Å². The molecule has 0 N–H and O–H groups in total. The zero-order valence-electron chi connectivity index (χ0n) is 36.7. The zero-order valence-corrected chi connectivity index (χ0v) is 40.6. The molecule has 8 aromatic rings. The fourth-order valence-corrected chi connectivity index (χ4v) is 8.30. The van der Waals surface area contributed by atoms with Crippen LogP contribution in [0.25, 0.3) is 66.4 Å². The molecule has 8 rings (SSSR count). The maximum absolute atomic E-state index is 6.06. The summed E-state index contributed by atoms with van der Waals surface area (Å²) >= 11 is 0. The molecule has 2 nitrogen and oxygen atoms in total. The van der Waals surface area contributed by atoms with Crippen LogP contribution in [0.15, 0.2) is 142 Å². The number of halogens is 2. The van der Waals surface area contributed by atoms with E-state index in [2.05, 4.69) is 161 Å². The van der Waals surface area contributed by atoms with Crippen molar-refractivity contribution in [3.63, 3.8) is 0 Å². The SMILES string of the molecule is CCCCCCc1ccc(-c2cccc3[cH-]c(-c4ccc(CCC)o4)cc23)cc1.CCCCCCc1ccc(-c2cccc3[cH-]c(-c4ccc(CCC)o4)cc23)cc1.[Cl-].[Cl-].[Zr+4]. The van der Waals surface area contributed by atoms with Crippen molar-refractivity contribution in [1.29, 1.82) is 0 Å². The summed E-state index contributed by atoms with van der Waals surface area (Å²) in [5, 5.41) is 5.14. The van der Waals surface area contributed by atoms with Gasteiger partial charge >= 0.3 is 26.2 Å². The number of fused-ring (bicyclic) bond motifs is 2. The van der Waals surface area contributed by atoms with Crippen molar-refractivity contribution in [2.45, 2.75) is 118 Å². The number of rotatable bonds is 18. The number of benzene rings is 4. The first kappa shape index (κ1) is 49.8. The van der Waals surface area contributed by atoms with Crippen LogP contribution < -0.4 is 24.8 Å². The van der Waals surface area contributed by atoms with Crippen LogP contribution in [0.1, 0.15) is 115 Å². The summed E-state index contributed by atoms with van der Waals surface area (Å²) in [4.78, 5) is 0. The molecule has 0 bridgehead atoms. The minimum atomic E-state index is 0. The molecule has 0 saturated carbocycles. The summed E-state index contributed by atoms with van der Waals surface area (Å²) in [6.45, 7) is 8.89. The zero-order chi connectivity index (χ0) is 40.1. The predicted octanol–water partition coefficient (Wildman–Crippen LogP) is 11.1. The van der Waals surface area contributed by atoms with E-state index in [1.807, 2.05) is 0 Å². The smallest absolute Gasteiger partial charge is 1.00 e. The van der Waals surface area contributed by atoms with Gasteiger partial charge in [-0.25, -0.2) is 0 Å². The molecule has 0 saturated heterocycles. The molecule has 0 radical (unpaired) electrons. The summed E-state index contributed by atoms with van der Waals surface area (Å²) in [7, 11) is 0. The van der Waals surface area contributed by atoms with Gasteiger partial charge in [0.1, 0.15) is 0 Å². The number of furan rings is 2. The van der Waals surface area contributed by atoms with Gasteiger partial charge in [0.05, 0.1) is 23.0 Å². The molecular formula is C56H62Cl2O2Zr. The Labute approximate surface area is 397 Å². The second-order valence-corrected chi connectivity index (χ2v) is 16.2. The number of hydrogen-bond donors (Lipinski definition) is 0. The van der Waals surface area contributed by atoms with Gasteiger partial charge in [0.15, 0.2) is 0 Å². The number of unbranched alkanes of at least 4 members (excludes halogenated alkanes) is 6. The van der Waals surface area contributed by atoms with Crippen molar-refractivity contribution >= 4 is 21.5 Å². The van der Waals surface area contributed by atoms with Crippen LogP contribution in [0.5, 0.6) is 0 Å². The number of aryl methyl sites for hydroxylation is 4. The summed E-state index contributed by atoms with van der Waals surface area (Å²) in [5.74, 6) is 4.08. The molecule has 5 heteroatoms. The molecule has 0 spiro atoms. The molecular weight excluding hydrogens is 867 g/mol. The Morgan fingerprint density at radius 3 is 1.20 bits per heavy atom. The van der Waals surface area contributed by atoms with Crippen molar-refractivity contribution in [1.82, 2.24) is 0 Å². The van der Waals surface area contributed by atoms with Gasteiger partial charge in [0.2, 0.25) is 0 Å². The molecule has 0 aliphatic carbocycles. The average molecular weight is 929 g/mol. The molecule has 0 aliphatic rings. The quantitative estimate of drug-likeness (QED) is 0.0633. The molecule has 0 fully saturated rings. The minimum Gasteiger partial charge on any atom is -1.00 e. The first-order valence-electron chi connectivity index (χ1n) is 22.3. The Hall–Kier alpha value is -3.88. The molecule has 6 aromatic carbocycles. The predicted molar refractivity (Wildman–Crippen MR) is 249 cm³/mol. The van der Waals surface area contributed by atoms with E-state index in [1.165, 1.54) is 130 Å². The van der Waals surface area contributed by atoms with Gasteiger partial charge < -0.3 is 33.6 Å². The van der Waals surface area contributed by atoms with E-state index in [-0.39, 0.29) is 51.0 Å². The Morgan fingerprint density at radius 1 is 0.410 bits per heavy atom. The third-order valence-electron chi connectivity index (χ3n) is 11.6. The van der Waals surface area contributed by atoms with Gasteiger partial charge in [-0.1, -0.05) is 161 Å². The molecule has 0 atom stereocenters. The van der Waals surface area contributed by atoms with Crippen LogP contribution in [0.4, 0.5) is 0 Å². The third kappa shape index (κ3) is 13.1.